The molecule has 0 aromatic carbocycles. The normalized spacial score (nSPS) is 14.2. The van der Waals surface area contributed by atoms with E-state index in [9.17, 15) is 13.2 Å². The molecule has 2 nitrogen and oxygen atoms in total. The minimum atomic E-state index is -4.43. The minimum absolute atomic E-state index is 0.155. The summed E-state index contributed by atoms with van der Waals surface area (Å²) in [6, 6.07) is 0.842. The maximum absolute atomic E-state index is 12.1. The van der Waals surface area contributed by atoms with Crippen LogP contribution in [0.5, 0.6) is 0 Å². The fourth-order valence-corrected chi connectivity index (χ4v) is 0.831. The van der Waals surface area contributed by atoms with E-state index in [1.165, 1.54) is 12.3 Å². The molecule has 1 rings (SSSR count). The largest absolute Gasteiger partial charge is 0.409 e. The number of aromatic nitrogens is 1. The molecule has 0 saturated heterocycles. The highest BCUT2D eigenvalue weighted by Gasteiger charge is 2.38. The van der Waals surface area contributed by atoms with Gasteiger partial charge in [0.15, 0.2) is 0 Å². The van der Waals surface area contributed by atoms with E-state index in [2.05, 4.69) is 4.98 Å². The zero-order valence-corrected chi connectivity index (χ0v) is 6.97. The van der Waals surface area contributed by atoms with Crippen molar-refractivity contribution in [2.24, 2.45) is 5.73 Å². The van der Waals surface area contributed by atoms with Gasteiger partial charge in [0.25, 0.3) is 0 Å². The van der Waals surface area contributed by atoms with Crippen molar-refractivity contribution in [1.82, 2.24) is 4.98 Å². The van der Waals surface area contributed by atoms with Gasteiger partial charge in [0.05, 0.1) is 5.69 Å². The van der Waals surface area contributed by atoms with Crippen LogP contribution in [0.2, 0.25) is 0 Å². The molecule has 1 aromatic rings. The Bertz CT molecular complexity index is 278. The van der Waals surface area contributed by atoms with E-state index in [-0.39, 0.29) is 5.69 Å². The lowest BCUT2D eigenvalue weighted by Crippen LogP contribution is -2.29. The molecule has 0 amide bonds. The number of hydrogen-bond acceptors (Lipinski definition) is 2. The molecule has 1 aromatic heterocycles. The molecule has 5 heteroatoms. The van der Waals surface area contributed by atoms with Crippen LogP contribution in [0.1, 0.15) is 17.3 Å². The second-order valence-electron chi connectivity index (χ2n) is 2.78. The maximum atomic E-state index is 12.1. The molecular formula is C8H9F3N2. The maximum Gasteiger partial charge on any atom is 0.409 e. The van der Waals surface area contributed by atoms with Gasteiger partial charge in [-0.25, -0.2) is 0 Å². The Hall–Kier alpha value is -1.10. The van der Waals surface area contributed by atoms with E-state index in [1.54, 1.807) is 13.0 Å². The molecule has 0 bridgehead atoms. The lowest BCUT2D eigenvalue weighted by Gasteiger charge is -2.14. The SMILES string of the molecule is Cc1ccc([C@@H](N)C(F)(F)F)nc1. The summed E-state index contributed by atoms with van der Waals surface area (Å²) in [5.41, 5.74) is 5.58. The fraction of sp³-hybridized carbons (Fsp3) is 0.375. The van der Waals surface area contributed by atoms with E-state index < -0.39 is 12.2 Å². The van der Waals surface area contributed by atoms with E-state index >= 15 is 0 Å². The van der Waals surface area contributed by atoms with Gasteiger partial charge >= 0.3 is 6.18 Å². The summed E-state index contributed by atoms with van der Waals surface area (Å²) in [5, 5.41) is 0. The van der Waals surface area contributed by atoms with Crippen molar-refractivity contribution < 1.29 is 13.2 Å². The summed E-state index contributed by atoms with van der Waals surface area (Å²) in [4.78, 5) is 3.60. The molecule has 0 fully saturated rings. The number of nitrogens with two attached hydrogens (primary N) is 1. The topological polar surface area (TPSA) is 38.9 Å². The van der Waals surface area contributed by atoms with Gasteiger partial charge in [-0.1, -0.05) is 6.07 Å². The molecule has 0 spiro atoms. The molecule has 72 valence electrons. The van der Waals surface area contributed by atoms with Crippen molar-refractivity contribution >= 4 is 0 Å². The third kappa shape index (κ3) is 2.42. The zero-order chi connectivity index (χ0) is 10.1. The number of aryl methyl sites for hydroxylation is 1. The van der Waals surface area contributed by atoms with E-state index in [4.69, 9.17) is 5.73 Å². The van der Waals surface area contributed by atoms with Crippen LogP contribution in [0.15, 0.2) is 18.3 Å². The van der Waals surface area contributed by atoms with E-state index in [0.717, 1.165) is 5.56 Å². The smallest absolute Gasteiger partial charge is 0.315 e. The Kier molecular flexibility index (Phi) is 2.56. The minimum Gasteiger partial charge on any atom is -0.315 e. The number of hydrogen-bond donors (Lipinski definition) is 1. The monoisotopic (exact) mass is 190 g/mol. The van der Waals surface area contributed by atoms with E-state index in [0.29, 0.717) is 0 Å². The quantitative estimate of drug-likeness (QED) is 0.735. The summed E-state index contributed by atoms with van der Waals surface area (Å²) in [6.07, 6.45) is -3.07. The highest BCUT2D eigenvalue weighted by atomic mass is 19.4. The molecular weight excluding hydrogens is 181 g/mol. The van der Waals surface area contributed by atoms with Gasteiger partial charge in [0.1, 0.15) is 6.04 Å². The Balaban J connectivity index is 2.90. The van der Waals surface area contributed by atoms with Gasteiger partial charge in [-0.3, -0.25) is 4.98 Å². The summed E-state index contributed by atoms with van der Waals surface area (Å²) >= 11 is 0. The van der Waals surface area contributed by atoms with Crippen molar-refractivity contribution in [3.63, 3.8) is 0 Å². The Morgan fingerprint density at radius 2 is 2.00 bits per heavy atom. The van der Waals surface area contributed by atoms with Crippen LogP contribution in [0.25, 0.3) is 0 Å². The average molecular weight is 190 g/mol. The number of rotatable bonds is 1. The summed E-state index contributed by atoms with van der Waals surface area (Å²) in [5.74, 6) is 0. The molecule has 0 aliphatic heterocycles. The van der Waals surface area contributed by atoms with Gasteiger partial charge < -0.3 is 5.73 Å². The van der Waals surface area contributed by atoms with Crippen LogP contribution in [-0.4, -0.2) is 11.2 Å². The van der Waals surface area contributed by atoms with Crippen LogP contribution in [-0.2, 0) is 0 Å². The first-order chi connectivity index (χ1) is 5.91. The highest BCUT2D eigenvalue weighted by molar-refractivity contribution is 5.15. The lowest BCUT2D eigenvalue weighted by molar-refractivity contribution is -0.150. The van der Waals surface area contributed by atoms with Gasteiger partial charge in [-0.2, -0.15) is 13.2 Å². The number of halogens is 3. The van der Waals surface area contributed by atoms with Crippen LogP contribution < -0.4 is 5.73 Å². The van der Waals surface area contributed by atoms with Crippen molar-refractivity contribution in [3.05, 3.63) is 29.6 Å². The average Bonchev–Trinajstić information content (AvgIpc) is 2.03. The third-order valence-corrected chi connectivity index (χ3v) is 1.61. The third-order valence-electron chi connectivity index (χ3n) is 1.61. The molecule has 0 saturated carbocycles. The summed E-state index contributed by atoms with van der Waals surface area (Å²) in [7, 11) is 0. The summed E-state index contributed by atoms with van der Waals surface area (Å²) in [6.45, 7) is 1.75. The van der Waals surface area contributed by atoms with Gasteiger partial charge in [0.2, 0.25) is 0 Å². The first-order valence-electron chi connectivity index (χ1n) is 3.66. The zero-order valence-electron chi connectivity index (χ0n) is 6.97. The van der Waals surface area contributed by atoms with Crippen molar-refractivity contribution in [3.8, 4) is 0 Å². The molecule has 1 heterocycles. The van der Waals surface area contributed by atoms with Crippen LogP contribution in [0, 0.1) is 6.92 Å². The first-order valence-corrected chi connectivity index (χ1v) is 3.66. The highest BCUT2D eigenvalue weighted by Crippen LogP contribution is 2.28. The van der Waals surface area contributed by atoms with Gasteiger partial charge in [-0.05, 0) is 18.6 Å². The van der Waals surface area contributed by atoms with Gasteiger partial charge in [0, 0.05) is 6.20 Å². The lowest BCUT2D eigenvalue weighted by atomic mass is 10.2. The summed E-state index contributed by atoms with van der Waals surface area (Å²) < 4.78 is 36.2. The molecule has 2 N–H and O–H groups in total. The van der Waals surface area contributed by atoms with Gasteiger partial charge in [-0.15, -0.1) is 0 Å². The van der Waals surface area contributed by atoms with Crippen molar-refractivity contribution in [2.45, 2.75) is 19.1 Å². The fourth-order valence-electron chi connectivity index (χ4n) is 0.831. The van der Waals surface area contributed by atoms with Crippen molar-refractivity contribution in [2.75, 3.05) is 0 Å². The van der Waals surface area contributed by atoms with E-state index in [1.807, 2.05) is 0 Å². The second kappa shape index (κ2) is 3.33. The first kappa shape index (κ1) is 9.98. The van der Waals surface area contributed by atoms with Crippen molar-refractivity contribution in [1.29, 1.82) is 0 Å². The number of nitrogens with zero attached hydrogens (tertiary/aromatic N) is 1. The molecule has 0 radical (unpaired) electrons. The Morgan fingerprint density at radius 3 is 2.38 bits per heavy atom. The molecule has 1 atom stereocenters. The predicted molar refractivity (Wildman–Crippen MR) is 42.0 cm³/mol. The molecule has 13 heavy (non-hydrogen) atoms. The number of alkyl halides is 3. The number of pyridine rings is 1. The molecule has 0 unspecified atom stereocenters. The van der Waals surface area contributed by atoms with Crippen LogP contribution in [0.4, 0.5) is 13.2 Å². The van der Waals surface area contributed by atoms with Crippen LogP contribution in [0.3, 0.4) is 0 Å². The second-order valence-corrected chi connectivity index (χ2v) is 2.78. The Labute approximate surface area is 73.6 Å². The molecule has 0 aliphatic carbocycles. The standard InChI is InChI=1S/C8H9F3N2/c1-5-2-3-6(13-4-5)7(12)8(9,10)11/h2-4,7H,12H2,1H3/t7-/m1/s1. The Morgan fingerprint density at radius 1 is 1.38 bits per heavy atom. The molecule has 0 aliphatic rings. The predicted octanol–water partition coefficient (Wildman–Crippen LogP) is 1.95. The van der Waals surface area contributed by atoms with Crippen LogP contribution >= 0.6 is 0 Å².